The molecule has 0 fully saturated rings. The molecule has 1 atom stereocenters. The van der Waals surface area contributed by atoms with Crippen LogP contribution in [0.4, 0.5) is 26.3 Å². The van der Waals surface area contributed by atoms with Gasteiger partial charge in [-0.05, 0) is 37.5 Å². The molecule has 0 saturated carbocycles. The standard InChI is InChI=1S/C21H25F6N3OS/c1-4-15(5-2)28-10-9-16-30-18(21(25,26)27)17(32-16)19(31)29-12(3)13-7-6-8-14(11-13)20(22,23)24/h6-8,11-12,15,28H,4-5,9-10H2,1-3H3,(H,29,31). The Kier molecular flexibility index (Phi) is 8.69. The number of carbonyl (C=O) groups excluding carboxylic acids is 1. The van der Waals surface area contributed by atoms with E-state index in [1.54, 1.807) is 0 Å². The molecule has 1 aromatic carbocycles. The van der Waals surface area contributed by atoms with Crippen molar-refractivity contribution in [3.63, 3.8) is 0 Å². The molecule has 4 nitrogen and oxygen atoms in total. The number of carbonyl (C=O) groups is 1. The fourth-order valence-corrected chi connectivity index (χ4v) is 4.09. The second-order valence-corrected chi connectivity index (χ2v) is 8.40. The predicted octanol–water partition coefficient (Wildman–Crippen LogP) is 5.99. The van der Waals surface area contributed by atoms with Gasteiger partial charge in [-0.3, -0.25) is 4.79 Å². The van der Waals surface area contributed by atoms with Crippen molar-refractivity contribution in [2.75, 3.05) is 6.54 Å². The molecule has 178 valence electrons. The summed E-state index contributed by atoms with van der Waals surface area (Å²) in [6.45, 7) is 5.82. The number of halogens is 6. The van der Waals surface area contributed by atoms with Crippen molar-refractivity contribution >= 4 is 17.2 Å². The number of alkyl halides is 6. The van der Waals surface area contributed by atoms with E-state index in [4.69, 9.17) is 0 Å². The van der Waals surface area contributed by atoms with Crippen molar-refractivity contribution in [2.45, 2.75) is 64.5 Å². The van der Waals surface area contributed by atoms with Crippen molar-refractivity contribution in [3.05, 3.63) is 51.0 Å². The number of benzene rings is 1. The van der Waals surface area contributed by atoms with Gasteiger partial charge < -0.3 is 10.6 Å². The quantitative estimate of drug-likeness (QED) is 0.433. The molecule has 0 aliphatic carbocycles. The first-order chi connectivity index (χ1) is 14.9. The van der Waals surface area contributed by atoms with Gasteiger partial charge in [0.15, 0.2) is 5.69 Å². The Hall–Kier alpha value is -2.14. The molecule has 2 rings (SSSR count). The van der Waals surface area contributed by atoms with E-state index in [0.717, 1.165) is 25.0 Å². The Bertz CT molecular complexity index is 906. The summed E-state index contributed by atoms with van der Waals surface area (Å²) < 4.78 is 79.1. The number of hydrogen-bond acceptors (Lipinski definition) is 4. The zero-order valence-electron chi connectivity index (χ0n) is 17.8. The van der Waals surface area contributed by atoms with Crippen LogP contribution in [0.5, 0.6) is 0 Å². The SMILES string of the molecule is CCC(CC)NCCc1nc(C(F)(F)F)c(C(=O)NC(C)c2cccc(C(F)(F)F)c2)s1. The van der Waals surface area contributed by atoms with Crippen molar-refractivity contribution in [2.24, 2.45) is 0 Å². The van der Waals surface area contributed by atoms with Gasteiger partial charge >= 0.3 is 12.4 Å². The van der Waals surface area contributed by atoms with E-state index in [1.165, 1.54) is 19.1 Å². The van der Waals surface area contributed by atoms with Gasteiger partial charge in [0.1, 0.15) is 4.88 Å². The van der Waals surface area contributed by atoms with Crippen LogP contribution in [-0.4, -0.2) is 23.5 Å². The van der Waals surface area contributed by atoms with E-state index in [1.807, 2.05) is 13.8 Å². The van der Waals surface area contributed by atoms with Gasteiger partial charge in [-0.2, -0.15) is 26.3 Å². The lowest BCUT2D eigenvalue weighted by Crippen LogP contribution is -2.29. The normalized spacial score (nSPS) is 13.4. The molecule has 0 aliphatic rings. The maximum absolute atomic E-state index is 13.4. The first-order valence-corrected chi connectivity index (χ1v) is 11.0. The molecule has 0 aliphatic heterocycles. The summed E-state index contributed by atoms with van der Waals surface area (Å²) in [4.78, 5) is 15.6. The number of hydrogen-bond donors (Lipinski definition) is 2. The van der Waals surface area contributed by atoms with Gasteiger partial charge in [-0.15, -0.1) is 11.3 Å². The van der Waals surface area contributed by atoms with Gasteiger partial charge in [0.05, 0.1) is 16.6 Å². The van der Waals surface area contributed by atoms with E-state index in [2.05, 4.69) is 15.6 Å². The average molecular weight is 482 g/mol. The van der Waals surface area contributed by atoms with E-state index >= 15 is 0 Å². The lowest BCUT2D eigenvalue weighted by Gasteiger charge is -2.16. The minimum Gasteiger partial charge on any atom is -0.345 e. The van der Waals surface area contributed by atoms with Crippen molar-refractivity contribution in [3.8, 4) is 0 Å². The summed E-state index contributed by atoms with van der Waals surface area (Å²) in [7, 11) is 0. The summed E-state index contributed by atoms with van der Waals surface area (Å²) in [5.41, 5.74) is -2.06. The van der Waals surface area contributed by atoms with E-state index < -0.39 is 40.4 Å². The van der Waals surface area contributed by atoms with Crippen LogP contribution in [-0.2, 0) is 18.8 Å². The molecule has 0 radical (unpaired) electrons. The third-order valence-electron chi connectivity index (χ3n) is 4.97. The average Bonchev–Trinajstić information content (AvgIpc) is 3.15. The maximum atomic E-state index is 13.4. The number of thiazole rings is 1. The molecule has 2 N–H and O–H groups in total. The number of aromatic nitrogens is 1. The summed E-state index contributed by atoms with van der Waals surface area (Å²) in [6, 6.07) is 3.59. The van der Waals surface area contributed by atoms with Crippen molar-refractivity contribution < 1.29 is 31.1 Å². The highest BCUT2D eigenvalue weighted by Gasteiger charge is 2.40. The molecular weight excluding hydrogens is 456 g/mol. The van der Waals surface area contributed by atoms with E-state index in [9.17, 15) is 31.1 Å². The first-order valence-electron chi connectivity index (χ1n) is 10.1. The van der Waals surface area contributed by atoms with Crippen LogP contribution in [0.25, 0.3) is 0 Å². The van der Waals surface area contributed by atoms with Gasteiger partial charge in [0.25, 0.3) is 5.91 Å². The molecule has 11 heteroatoms. The Morgan fingerprint density at radius 3 is 2.31 bits per heavy atom. The highest BCUT2D eigenvalue weighted by atomic mass is 32.1. The Morgan fingerprint density at radius 2 is 1.75 bits per heavy atom. The molecule has 0 bridgehead atoms. The third-order valence-corrected chi connectivity index (χ3v) is 6.08. The minimum absolute atomic E-state index is 0.126. The molecule has 1 aromatic heterocycles. The molecular formula is C21H25F6N3OS. The fraction of sp³-hybridized carbons (Fsp3) is 0.524. The topological polar surface area (TPSA) is 54.0 Å². The summed E-state index contributed by atoms with van der Waals surface area (Å²) in [5, 5.41) is 5.75. The smallest absolute Gasteiger partial charge is 0.345 e. The van der Waals surface area contributed by atoms with Crippen LogP contribution < -0.4 is 10.6 Å². The predicted molar refractivity (Wildman–Crippen MR) is 111 cm³/mol. The molecule has 1 amide bonds. The zero-order valence-corrected chi connectivity index (χ0v) is 18.6. The number of nitrogens with zero attached hydrogens (tertiary/aromatic N) is 1. The number of rotatable bonds is 9. The van der Waals surface area contributed by atoms with Gasteiger partial charge in [-0.25, -0.2) is 4.98 Å². The van der Waals surface area contributed by atoms with Crippen molar-refractivity contribution in [1.82, 2.24) is 15.6 Å². The lowest BCUT2D eigenvalue weighted by molar-refractivity contribution is -0.141. The second kappa shape index (κ2) is 10.7. The van der Waals surface area contributed by atoms with Crippen LogP contribution in [0.2, 0.25) is 0 Å². The lowest BCUT2D eigenvalue weighted by atomic mass is 10.0. The molecule has 1 heterocycles. The van der Waals surface area contributed by atoms with Gasteiger partial charge in [0, 0.05) is 19.0 Å². The van der Waals surface area contributed by atoms with Crippen LogP contribution >= 0.6 is 11.3 Å². The minimum atomic E-state index is -4.83. The molecule has 32 heavy (non-hydrogen) atoms. The summed E-state index contributed by atoms with van der Waals surface area (Å²) in [5.74, 6) is -1.03. The Morgan fingerprint density at radius 1 is 1.09 bits per heavy atom. The maximum Gasteiger partial charge on any atom is 0.435 e. The highest BCUT2D eigenvalue weighted by Crippen LogP contribution is 2.35. The molecule has 2 aromatic rings. The highest BCUT2D eigenvalue weighted by molar-refractivity contribution is 7.13. The second-order valence-electron chi connectivity index (χ2n) is 7.32. The summed E-state index contributed by atoms with van der Waals surface area (Å²) >= 11 is 0.643. The van der Waals surface area contributed by atoms with Crippen LogP contribution in [0.3, 0.4) is 0 Å². The largest absolute Gasteiger partial charge is 0.435 e. The fourth-order valence-electron chi connectivity index (χ4n) is 3.11. The monoisotopic (exact) mass is 481 g/mol. The first kappa shape index (κ1) is 26.1. The molecule has 1 unspecified atom stereocenters. The number of nitrogens with one attached hydrogen (secondary N) is 2. The van der Waals surface area contributed by atoms with Crippen LogP contribution in [0.15, 0.2) is 24.3 Å². The van der Waals surface area contributed by atoms with Gasteiger partial charge in [-0.1, -0.05) is 26.0 Å². The van der Waals surface area contributed by atoms with Crippen molar-refractivity contribution in [1.29, 1.82) is 0 Å². The third kappa shape index (κ3) is 6.93. The van der Waals surface area contributed by atoms with E-state index in [-0.39, 0.29) is 23.0 Å². The Labute approximate surface area is 186 Å². The van der Waals surface area contributed by atoms with E-state index in [0.29, 0.717) is 17.9 Å². The zero-order chi connectivity index (χ0) is 24.1. The molecule has 0 spiro atoms. The summed E-state index contributed by atoms with van der Waals surface area (Å²) in [6.07, 6.45) is -7.42. The van der Waals surface area contributed by atoms with Gasteiger partial charge in [0.2, 0.25) is 0 Å². The number of amides is 1. The van der Waals surface area contributed by atoms with Crippen LogP contribution in [0.1, 0.15) is 71.2 Å². The Balaban J connectivity index is 2.18. The molecule has 0 saturated heterocycles. The van der Waals surface area contributed by atoms with Crippen LogP contribution in [0, 0.1) is 0 Å².